The van der Waals surface area contributed by atoms with Crippen molar-refractivity contribution in [3.05, 3.63) is 84.4 Å². The van der Waals surface area contributed by atoms with E-state index in [9.17, 15) is 0 Å². The summed E-state index contributed by atoms with van der Waals surface area (Å²) in [6.45, 7) is 6.93. The second-order valence-electron chi connectivity index (χ2n) is 7.01. The van der Waals surface area contributed by atoms with Gasteiger partial charge in [-0.05, 0) is 66.6 Å². The number of hydrogen-bond donors (Lipinski definition) is 1. The molecule has 0 aliphatic heterocycles. The minimum atomic E-state index is 0.453. The number of thiazole rings is 1. The lowest BCUT2D eigenvalue weighted by atomic mass is 10.1. The molecule has 0 fully saturated rings. The quantitative estimate of drug-likeness (QED) is 0.335. The maximum absolute atomic E-state index is 5.61. The zero-order valence-electron chi connectivity index (χ0n) is 17.1. The van der Waals surface area contributed by atoms with Gasteiger partial charge in [0.15, 0.2) is 11.5 Å². The summed E-state index contributed by atoms with van der Waals surface area (Å²) < 4.78 is 12.3. The Labute approximate surface area is 180 Å². The number of ether oxygens (including phenoxy) is 2. The first kappa shape index (κ1) is 20.0. The molecule has 0 radical (unpaired) electrons. The predicted octanol–water partition coefficient (Wildman–Crippen LogP) is 6.46. The molecule has 0 aliphatic carbocycles. The van der Waals surface area contributed by atoms with Crippen LogP contribution in [-0.4, -0.2) is 18.7 Å². The van der Waals surface area contributed by atoms with Crippen LogP contribution in [0.2, 0.25) is 0 Å². The number of nitrogens with one attached hydrogen (secondary N) is 1. The topological polar surface area (TPSA) is 43.4 Å². The third-order valence-corrected chi connectivity index (χ3v) is 5.82. The van der Waals surface area contributed by atoms with E-state index in [0.717, 1.165) is 38.8 Å². The van der Waals surface area contributed by atoms with E-state index in [2.05, 4.69) is 61.3 Å². The monoisotopic (exact) mass is 416 g/mol. The highest BCUT2D eigenvalue weighted by atomic mass is 32.1. The lowest BCUT2D eigenvalue weighted by molar-refractivity contribution is 0.326. The van der Waals surface area contributed by atoms with E-state index in [4.69, 9.17) is 14.5 Å². The van der Waals surface area contributed by atoms with Gasteiger partial charge in [0.2, 0.25) is 0 Å². The van der Waals surface area contributed by atoms with Crippen molar-refractivity contribution in [1.29, 1.82) is 0 Å². The van der Waals surface area contributed by atoms with Gasteiger partial charge < -0.3 is 14.8 Å². The molecule has 0 atom stereocenters. The van der Waals surface area contributed by atoms with Crippen LogP contribution in [0, 0.1) is 6.92 Å². The number of hydrogen-bond acceptors (Lipinski definition) is 5. The number of aromatic nitrogens is 1. The highest BCUT2D eigenvalue weighted by Crippen LogP contribution is 2.32. The molecule has 5 heteroatoms. The molecule has 1 heterocycles. The Morgan fingerprint density at radius 1 is 1.03 bits per heavy atom. The fourth-order valence-corrected chi connectivity index (χ4v) is 4.25. The van der Waals surface area contributed by atoms with Crippen molar-refractivity contribution in [3.8, 4) is 22.1 Å². The highest BCUT2D eigenvalue weighted by molar-refractivity contribution is 7.21. The van der Waals surface area contributed by atoms with Crippen LogP contribution in [0.1, 0.15) is 11.1 Å². The van der Waals surface area contributed by atoms with E-state index in [1.165, 1.54) is 10.3 Å². The predicted molar refractivity (Wildman–Crippen MR) is 126 cm³/mol. The van der Waals surface area contributed by atoms with Crippen molar-refractivity contribution in [3.63, 3.8) is 0 Å². The maximum Gasteiger partial charge on any atom is 0.161 e. The van der Waals surface area contributed by atoms with Crippen LogP contribution in [0.3, 0.4) is 0 Å². The van der Waals surface area contributed by atoms with E-state index < -0.39 is 0 Å². The summed E-state index contributed by atoms with van der Waals surface area (Å²) in [4.78, 5) is 4.76. The Morgan fingerprint density at radius 3 is 2.63 bits per heavy atom. The maximum atomic E-state index is 5.61. The molecular weight excluding hydrogens is 392 g/mol. The van der Waals surface area contributed by atoms with Gasteiger partial charge in [-0.25, -0.2) is 4.98 Å². The van der Waals surface area contributed by atoms with Crippen LogP contribution < -0.4 is 14.8 Å². The third-order valence-electron chi connectivity index (χ3n) is 4.76. The van der Waals surface area contributed by atoms with Crippen molar-refractivity contribution in [1.82, 2.24) is 4.98 Å². The lowest BCUT2D eigenvalue weighted by Gasteiger charge is -2.12. The summed E-state index contributed by atoms with van der Waals surface area (Å²) >= 11 is 1.73. The highest BCUT2D eigenvalue weighted by Gasteiger charge is 2.08. The van der Waals surface area contributed by atoms with Crippen molar-refractivity contribution in [2.45, 2.75) is 13.5 Å². The molecule has 4 rings (SSSR count). The molecular formula is C25H24N2O2S. The average Bonchev–Trinajstić information content (AvgIpc) is 3.20. The van der Waals surface area contributed by atoms with E-state index >= 15 is 0 Å². The number of anilines is 1. The molecule has 0 bridgehead atoms. The molecule has 0 amide bonds. The molecule has 0 aliphatic rings. The molecule has 0 saturated heterocycles. The van der Waals surface area contributed by atoms with E-state index in [1.54, 1.807) is 24.5 Å². The van der Waals surface area contributed by atoms with Crippen LogP contribution in [0.15, 0.2) is 73.3 Å². The summed E-state index contributed by atoms with van der Waals surface area (Å²) in [6, 6.07) is 20.7. The molecule has 0 saturated carbocycles. The largest absolute Gasteiger partial charge is 0.493 e. The molecule has 30 heavy (non-hydrogen) atoms. The summed E-state index contributed by atoms with van der Waals surface area (Å²) in [5, 5.41) is 4.50. The molecule has 4 nitrogen and oxygen atoms in total. The number of rotatable bonds is 8. The first-order valence-corrected chi connectivity index (χ1v) is 10.6. The van der Waals surface area contributed by atoms with Crippen LogP contribution in [-0.2, 0) is 6.54 Å². The lowest BCUT2D eigenvalue weighted by Crippen LogP contribution is -2.01. The van der Waals surface area contributed by atoms with Gasteiger partial charge in [-0.3, -0.25) is 0 Å². The summed E-state index contributed by atoms with van der Waals surface area (Å²) in [6.07, 6.45) is 1.72. The van der Waals surface area contributed by atoms with Gasteiger partial charge in [0.05, 0.1) is 17.3 Å². The Hall–Kier alpha value is -3.31. The van der Waals surface area contributed by atoms with Gasteiger partial charge >= 0.3 is 0 Å². The molecule has 152 valence electrons. The van der Waals surface area contributed by atoms with Gasteiger partial charge in [0, 0.05) is 17.8 Å². The van der Waals surface area contributed by atoms with Gasteiger partial charge in [-0.1, -0.05) is 24.8 Å². The summed E-state index contributed by atoms with van der Waals surface area (Å²) in [5.74, 6) is 1.44. The fourth-order valence-electron chi connectivity index (χ4n) is 3.18. The summed E-state index contributed by atoms with van der Waals surface area (Å²) in [7, 11) is 1.65. The standard InChI is InChI=1S/C25H24N2O2S/c1-4-13-29-22-12-6-18(15-23(22)28-3)16-26-20-9-7-19(8-10-20)25-27-21-11-5-17(2)14-24(21)30-25/h4-12,14-15,26H,1,13,16H2,2-3H3. The van der Waals surface area contributed by atoms with E-state index in [-0.39, 0.29) is 0 Å². The van der Waals surface area contributed by atoms with Crippen LogP contribution in [0.4, 0.5) is 5.69 Å². The minimum absolute atomic E-state index is 0.453. The summed E-state index contributed by atoms with van der Waals surface area (Å²) in [5.41, 5.74) is 5.61. The Balaban J connectivity index is 1.44. The van der Waals surface area contributed by atoms with E-state index in [1.807, 2.05) is 18.2 Å². The third kappa shape index (κ3) is 4.47. The molecule has 4 aromatic rings. The number of aryl methyl sites for hydroxylation is 1. The van der Waals surface area contributed by atoms with Crippen LogP contribution >= 0.6 is 11.3 Å². The van der Waals surface area contributed by atoms with Crippen molar-refractivity contribution in [2.75, 3.05) is 19.0 Å². The molecule has 1 aromatic heterocycles. The first-order chi connectivity index (χ1) is 14.7. The molecule has 0 spiro atoms. The Bertz CT molecular complexity index is 1170. The molecule has 3 aromatic carbocycles. The first-order valence-electron chi connectivity index (χ1n) is 9.78. The van der Waals surface area contributed by atoms with Gasteiger partial charge in [0.1, 0.15) is 11.6 Å². The number of fused-ring (bicyclic) bond motifs is 1. The zero-order valence-corrected chi connectivity index (χ0v) is 18.0. The van der Waals surface area contributed by atoms with Crippen molar-refractivity contribution in [2.24, 2.45) is 0 Å². The van der Waals surface area contributed by atoms with Gasteiger partial charge in [0.25, 0.3) is 0 Å². The number of benzene rings is 3. The SMILES string of the molecule is C=CCOc1ccc(CNc2ccc(-c3nc4ccc(C)cc4s3)cc2)cc1OC. The van der Waals surface area contributed by atoms with Crippen molar-refractivity contribution >= 4 is 27.2 Å². The number of nitrogens with zero attached hydrogens (tertiary/aromatic N) is 1. The second kappa shape index (κ2) is 9.01. The zero-order chi connectivity index (χ0) is 20.9. The molecule has 1 N–H and O–H groups in total. The normalized spacial score (nSPS) is 10.7. The van der Waals surface area contributed by atoms with Crippen LogP contribution in [0.25, 0.3) is 20.8 Å². The van der Waals surface area contributed by atoms with E-state index in [0.29, 0.717) is 13.2 Å². The molecule has 0 unspecified atom stereocenters. The van der Waals surface area contributed by atoms with Gasteiger partial charge in [-0.2, -0.15) is 0 Å². The minimum Gasteiger partial charge on any atom is -0.493 e. The second-order valence-corrected chi connectivity index (χ2v) is 8.04. The Kier molecular flexibility index (Phi) is 6.00. The number of methoxy groups -OCH3 is 1. The Morgan fingerprint density at radius 2 is 1.87 bits per heavy atom. The van der Waals surface area contributed by atoms with Gasteiger partial charge in [-0.15, -0.1) is 11.3 Å². The smallest absolute Gasteiger partial charge is 0.161 e. The fraction of sp³-hybridized carbons (Fsp3) is 0.160. The van der Waals surface area contributed by atoms with Crippen molar-refractivity contribution < 1.29 is 9.47 Å². The average molecular weight is 417 g/mol. The van der Waals surface area contributed by atoms with Crippen LogP contribution in [0.5, 0.6) is 11.5 Å².